The molecule has 2 aromatic heterocycles. The van der Waals surface area contributed by atoms with E-state index in [1.165, 1.54) is 49.6 Å². The quantitative estimate of drug-likeness (QED) is 0.215. The number of hydrogen-bond donors (Lipinski definition) is 1. The number of ether oxygens (including phenoxy) is 4. The first kappa shape index (κ1) is 23.9. The van der Waals surface area contributed by atoms with Crippen molar-refractivity contribution in [3.05, 3.63) is 29.5 Å². The van der Waals surface area contributed by atoms with Gasteiger partial charge in [-0.25, -0.2) is 20.2 Å². The van der Waals surface area contributed by atoms with E-state index in [-0.39, 0.29) is 18.1 Å². The summed E-state index contributed by atoms with van der Waals surface area (Å²) in [6, 6.07) is 1.51. The van der Waals surface area contributed by atoms with Gasteiger partial charge in [0.05, 0.1) is 12.3 Å². The maximum atomic E-state index is 12.0. The standard InChI is InChI=1S/C20H24N6O7/c1-10(27)30-8-15-18(31-11(2)28)20(4,33-12(3)29)17(32-15)14-7-13(22-5)16-19(25(6)21)23-9-24-26(14)16/h7,9,15,17-18H,8,21H2,1-4,6H3/t15-,17+,18-,20+/m1/s1. The molecule has 2 aromatic rings. The summed E-state index contributed by atoms with van der Waals surface area (Å²) in [6.07, 6.45) is -1.89. The predicted molar refractivity (Wildman–Crippen MR) is 112 cm³/mol. The van der Waals surface area contributed by atoms with E-state index < -0.39 is 41.8 Å². The zero-order valence-electron chi connectivity index (χ0n) is 18.8. The van der Waals surface area contributed by atoms with Gasteiger partial charge in [0, 0.05) is 27.8 Å². The lowest BCUT2D eigenvalue weighted by atomic mass is 9.90. The van der Waals surface area contributed by atoms with Crippen molar-refractivity contribution in [3.63, 3.8) is 0 Å². The fraction of sp³-hybridized carbons (Fsp3) is 0.500. The Bertz CT molecular complexity index is 1140. The van der Waals surface area contributed by atoms with E-state index in [0.29, 0.717) is 11.2 Å². The number of nitrogens with zero attached hydrogens (tertiary/aromatic N) is 5. The Balaban J connectivity index is 2.21. The minimum atomic E-state index is -1.55. The van der Waals surface area contributed by atoms with Crippen LogP contribution in [0.25, 0.3) is 10.4 Å². The topological polar surface area (TPSA) is 152 Å². The molecule has 3 heterocycles. The summed E-state index contributed by atoms with van der Waals surface area (Å²) in [5, 5.41) is 5.47. The van der Waals surface area contributed by atoms with Gasteiger partial charge in [-0.15, -0.1) is 0 Å². The Kier molecular flexibility index (Phi) is 6.52. The molecular formula is C20H24N6O7. The molecule has 0 spiro atoms. The van der Waals surface area contributed by atoms with Crippen LogP contribution in [0.3, 0.4) is 0 Å². The van der Waals surface area contributed by atoms with Crippen LogP contribution in [0.2, 0.25) is 0 Å². The Labute approximate surface area is 189 Å². The van der Waals surface area contributed by atoms with Crippen LogP contribution >= 0.6 is 0 Å². The molecule has 0 radical (unpaired) electrons. The monoisotopic (exact) mass is 460 g/mol. The molecule has 1 aliphatic heterocycles. The van der Waals surface area contributed by atoms with Crippen molar-refractivity contribution in [1.82, 2.24) is 14.6 Å². The number of nitrogens with two attached hydrogens (primary N) is 1. The van der Waals surface area contributed by atoms with Crippen LogP contribution < -0.4 is 10.9 Å². The van der Waals surface area contributed by atoms with Gasteiger partial charge in [0.15, 0.2) is 17.5 Å². The van der Waals surface area contributed by atoms with Gasteiger partial charge in [0.1, 0.15) is 30.7 Å². The minimum Gasteiger partial charge on any atom is -0.463 e. The molecule has 0 amide bonds. The van der Waals surface area contributed by atoms with Crippen molar-refractivity contribution in [2.45, 2.75) is 51.6 Å². The van der Waals surface area contributed by atoms with Gasteiger partial charge < -0.3 is 18.9 Å². The number of rotatable bonds is 6. The van der Waals surface area contributed by atoms with E-state index in [9.17, 15) is 14.4 Å². The van der Waals surface area contributed by atoms with E-state index in [1.807, 2.05) is 0 Å². The number of carbonyl (C=O) groups excluding carboxylic acids is 3. The highest BCUT2D eigenvalue weighted by molar-refractivity contribution is 5.85. The summed E-state index contributed by atoms with van der Waals surface area (Å²) in [5.74, 6) is 4.29. The van der Waals surface area contributed by atoms with Crippen molar-refractivity contribution in [2.75, 3.05) is 18.7 Å². The Morgan fingerprint density at radius 1 is 1.30 bits per heavy atom. The molecule has 4 atom stereocenters. The van der Waals surface area contributed by atoms with Crippen molar-refractivity contribution < 1.29 is 33.3 Å². The normalized spacial score (nSPS) is 24.2. The Morgan fingerprint density at radius 3 is 2.55 bits per heavy atom. The zero-order chi connectivity index (χ0) is 24.5. The zero-order valence-corrected chi connectivity index (χ0v) is 18.8. The number of esters is 3. The first-order chi connectivity index (χ1) is 15.5. The van der Waals surface area contributed by atoms with Crippen molar-refractivity contribution >= 4 is 34.9 Å². The molecule has 1 fully saturated rings. The van der Waals surface area contributed by atoms with Gasteiger partial charge in [-0.2, -0.15) is 5.10 Å². The van der Waals surface area contributed by atoms with Crippen LogP contribution in [0.5, 0.6) is 0 Å². The average Bonchev–Trinajstić information content (AvgIpc) is 3.21. The molecule has 1 saturated heterocycles. The first-order valence-electron chi connectivity index (χ1n) is 9.87. The Hall–Kier alpha value is -3.76. The van der Waals surface area contributed by atoms with Gasteiger partial charge in [-0.3, -0.25) is 19.4 Å². The second kappa shape index (κ2) is 9.00. The number of aromatic nitrogens is 3. The molecular weight excluding hydrogens is 436 g/mol. The van der Waals surface area contributed by atoms with Crippen molar-refractivity contribution in [1.29, 1.82) is 0 Å². The maximum absolute atomic E-state index is 12.0. The Morgan fingerprint density at radius 2 is 2.00 bits per heavy atom. The number of anilines is 1. The molecule has 0 unspecified atom stereocenters. The van der Waals surface area contributed by atoms with Crippen LogP contribution in [0.1, 0.15) is 39.5 Å². The number of hydrazine groups is 1. The van der Waals surface area contributed by atoms with E-state index in [4.69, 9.17) is 31.4 Å². The summed E-state index contributed by atoms with van der Waals surface area (Å²) >= 11 is 0. The number of hydrogen-bond acceptors (Lipinski definition) is 11. The van der Waals surface area contributed by atoms with E-state index in [0.717, 1.165) is 0 Å². The lowest BCUT2D eigenvalue weighted by Gasteiger charge is -2.33. The van der Waals surface area contributed by atoms with Crippen LogP contribution in [-0.4, -0.2) is 64.0 Å². The van der Waals surface area contributed by atoms with Crippen LogP contribution in [0, 0.1) is 6.57 Å². The highest BCUT2D eigenvalue weighted by Gasteiger charge is 2.60. The third-order valence-electron chi connectivity index (χ3n) is 5.11. The smallest absolute Gasteiger partial charge is 0.303 e. The number of fused-ring (bicyclic) bond motifs is 1. The summed E-state index contributed by atoms with van der Waals surface area (Å²) in [7, 11) is 1.56. The molecule has 176 valence electrons. The molecule has 13 nitrogen and oxygen atoms in total. The highest BCUT2D eigenvalue weighted by atomic mass is 16.7. The molecule has 0 aliphatic carbocycles. The fourth-order valence-corrected chi connectivity index (χ4v) is 3.95. The third-order valence-corrected chi connectivity index (χ3v) is 5.11. The third kappa shape index (κ3) is 4.43. The van der Waals surface area contributed by atoms with Gasteiger partial charge in [-0.1, -0.05) is 0 Å². The van der Waals surface area contributed by atoms with Crippen molar-refractivity contribution in [2.24, 2.45) is 5.84 Å². The van der Waals surface area contributed by atoms with Gasteiger partial charge in [0.2, 0.25) is 5.69 Å². The number of carbonyl (C=O) groups is 3. The van der Waals surface area contributed by atoms with E-state index >= 15 is 0 Å². The second-order valence-corrected chi connectivity index (χ2v) is 7.69. The van der Waals surface area contributed by atoms with Crippen molar-refractivity contribution in [3.8, 4) is 0 Å². The second-order valence-electron chi connectivity index (χ2n) is 7.69. The van der Waals surface area contributed by atoms with Gasteiger partial charge >= 0.3 is 17.9 Å². The van der Waals surface area contributed by atoms with Crippen LogP contribution in [0.4, 0.5) is 11.5 Å². The predicted octanol–water partition coefficient (Wildman–Crippen LogP) is 0.846. The van der Waals surface area contributed by atoms with Crippen LogP contribution in [0.15, 0.2) is 12.4 Å². The van der Waals surface area contributed by atoms with Gasteiger partial charge in [0.25, 0.3) is 0 Å². The van der Waals surface area contributed by atoms with E-state index in [2.05, 4.69) is 14.9 Å². The molecule has 3 rings (SSSR count). The SMILES string of the molecule is [C-]#[N+]c1cc([C@@H]2O[C@H](COC(C)=O)[C@@H](OC(C)=O)[C@@]2(C)OC(C)=O)n2ncnc(N(C)N)c12. The van der Waals surface area contributed by atoms with Crippen LogP contribution in [-0.2, 0) is 33.3 Å². The maximum Gasteiger partial charge on any atom is 0.303 e. The molecule has 1 aliphatic rings. The lowest BCUT2D eigenvalue weighted by molar-refractivity contribution is -0.181. The molecule has 13 heteroatoms. The first-order valence-corrected chi connectivity index (χ1v) is 9.87. The summed E-state index contributed by atoms with van der Waals surface area (Å²) in [5.41, 5.74) is -0.726. The minimum absolute atomic E-state index is 0.180. The molecule has 0 bridgehead atoms. The summed E-state index contributed by atoms with van der Waals surface area (Å²) in [6.45, 7) is 12.5. The van der Waals surface area contributed by atoms with Gasteiger partial charge in [-0.05, 0) is 13.0 Å². The lowest BCUT2D eigenvalue weighted by Crippen LogP contribution is -2.49. The molecule has 0 saturated carbocycles. The fourth-order valence-electron chi connectivity index (χ4n) is 3.95. The summed E-state index contributed by atoms with van der Waals surface area (Å²) < 4.78 is 23.7. The summed E-state index contributed by atoms with van der Waals surface area (Å²) in [4.78, 5) is 43.0. The molecule has 0 aromatic carbocycles. The molecule has 33 heavy (non-hydrogen) atoms. The molecule has 2 N–H and O–H groups in total. The average molecular weight is 460 g/mol. The van der Waals surface area contributed by atoms with E-state index in [1.54, 1.807) is 7.05 Å². The largest absolute Gasteiger partial charge is 0.463 e. The highest BCUT2D eigenvalue weighted by Crippen LogP contribution is 2.48.